The fourth-order valence-electron chi connectivity index (χ4n) is 4.01. The van der Waals surface area contributed by atoms with Crippen LogP contribution in [0.4, 0.5) is 38.0 Å². The lowest BCUT2D eigenvalue weighted by molar-refractivity contribution is -0.143. The summed E-state index contributed by atoms with van der Waals surface area (Å²) in [4.78, 5) is 25.3. The summed E-state index contributed by atoms with van der Waals surface area (Å²) in [5.41, 5.74) is -1.71. The summed E-state index contributed by atoms with van der Waals surface area (Å²) in [6.45, 7) is 6.37. The minimum Gasteiger partial charge on any atom is -0.371 e. The van der Waals surface area contributed by atoms with Crippen LogP contribution in [0.5, 0.6) is 0 Å². The molecule has 39 heavy (non-hydrogen) atoms. The van der Waals surface area contributed by atoms with Crippen LogP contribution in [0.15, 0.2) is 53.3 Å². The highest BCUT2D eigenvalue weighted by molar-refractivity contribution is 9.10. The number of anilines is 2. The Morgan fingerprint density at radius 2 is 1.51 bits per heavy atom. The molecule has 210 valence electrons. The predicted octanol–water partition coefficient (Wildman–Crippen LogP) is 8.06. The number of benzene rings is 2. The quantitative estimate of drug-likeness (QED) is 0.228. The van der Waals surface area contributed by atoms with Crippen LogP contribution in [0.1, 0.15) is 59.3 Å². The zero-order chi connectivity index (χ0) is 29.0. The van der Waals surface area contributed by atoms with E-state index < -0.39 is 35.9 Å². The third-order valence-corrected chi connectivity index (χ3v) is 6.38. The Hall–Kier alpha value is -3.15. The lowest BCUT2D eigenvalue weighted by Crippen LogP contribution is -2.34. The van der Waals surface area contributed by atoms with Crippen molar-refractivity contribution < 1.29 is 31.1 Å². The number of hydrogen-bond donors (Lipinski definition) is 0. The molecule has 3 aromatic rings. The van der Waals surface area contributed by atoms with E-state index in [1.165, 1.54) is 12.4 Å². The summed E-state index contributed by atoms with van der Waals surface area (Å²) in [5.74, 6) is -0.824. The summed E-state index contributed by atoms with van der Waals surface area (Å²) < 4.78 is 81.5. The van der Waals surface area contributed by atoms with Gasteiger partial charge in [-0.1, -0.05) is 25.0 Å². The highest BCUT2D eigenvalue weighted by Gasteiger charge is 2.37. The van der Waals surface area contributed by atoms with Crippen molar-refractivity contribution in [2.45, 2.75) is 52.5 Å². The fraction of sp³-hybridized carbons (Fsp3) is 0.370. The molecule has 1 aromatic heterocycles. The first-order valence-electron chi connectivity index (χ1n) is 12.2. The number of nitrogens with zero attached hydrogens (tertiary/aromatic N) is 4. The molecule has 0 aliphatic rings. The topological polar surface area (TPSA) is 49.3 Å². The van der Waals surface area contributed by atoms with Gasteiger partial charge in [0, 0.05) is 31.2 Å². The van der Waals surface area contributed by atoms with Gasteiger partial charge < -0.3 is 4.90 Å². The average Bonchev–Trinajstić information content (AvgIpc) is 2.87. The van der Waals surface area contributed by atoms with Gasteiger partial charge in [0.25, 0.3) is 5.91 Å². The smallest absolute Gasteiger partial charge is 0.371 e. The molecule has 0 spiro atoms. The van der Waals surface area contributed by atoms with Crippen LogP contribution in [-0.2, 0) is 18.9 Å². The van der Waals surface area contributed by atoms with Crippen LogP contribution in [0.2, 0.25) is 0 Å². The number of alkyl halides is 6. The van der Waals surface area contributed by atoms with Crippen molar-refractivity contribution in [3.8, 4) is 0 Å². The summed E-state index contributed by atoms with van der Waals surface area (Å²) in [6, 6.07) is 6.52. The van der Waals surface area contributed by atoms with E-state index in [-0.39, 0.29) is 23.1 Å². The van der Waals surface area contributed by atoms with E-state index in [9.17, 15) is 31.1 Å². The molecular weight excluding hydrogens is 590 g/mol. The fourth-order valence-corrected chi connectivity index (χ4v) is 4.22. The van der Waals surface area contributed by atoms with Crippen molar-refractivity contribution in [3.05, 3.63) is 81.1 Å². The second-order valence-electron chi connectivity index (χ2n) is 8.96. The van der Waals surface area contributed by atoms with E-state index in [4.69, 9.17) is 0 Å². The molecule has 0 saturated heterocycles. The summed E-state index contributed by atoms with van der Waals surface area (Å²) in [6.07, 6.45) is -5.59. The van der Waals surface area contributed by atoms with Gasteiger partial charge in [-0.2, -0.15) is 26.3 Å². The van der Waals surface area contributed by atoms with E-state index in [0.717, 1.165) is 23.3 Å². The van der Waals surface area contributed by atoms with E-state index in [0.29, 0.717) is 35.4 Å². The Bertz CT molecular complexity index is 1260. The summed E-state index contributed by atoms with van der Waals surface area (Å²) >= 11 is 3.19. The maximum Gasteiger partial charge on any atom is 0.416 e. The zero-order valence-electron chi connectivity index (χ0n) is 21.5. The van der Waals surface area contributed by atoms with Crippen LogP contribution in [0, 0.1) is 6.92 Å². The molecule has 0 aliphatic carbocycles. The van der Waals surface area contributed by atoms with Crippen molar-refractivity contribution in [1.82, 2.24) is 9.97 Å². The maximum atomic E-state index is 14.0. The first kappa shape index (κ1) is 30.4. The van der Waals surface area contributed by atoms with Gasteiger partial charge in [0.2, 0.25) is 5.95 Å². The first-order chi connectivity index (χ1) is 18.2. The number of carbonyl (C=O) groups is 1. The molecule has 5 nitrogen and oxygen atoms in total. The number of aryl methyl sites for hydroxylation is 1. The molecule has 0 N–H and O–H groups in total. The van der Waals surface area contributed by atoms with E-state index >= 15 is 0 Å². The Morgan fingerprint density at radius 3 is 2.03 bits per heavy atom. The number of unbranched alkanes of at least 4 members (excludes halogenated alkanes) is 1. The third-order valence-electron chi connectivity index (χ3n) is 5.97. The minimum absolute atomic E-state index is 0.0529. The van der Waals surface area contributed by atoms with Crippen LogP contribution >= 0.6 is 15.9 Å². The number of rotatable bonds is 9. The van der Waals surface area contributed by atoms with Crippen molar-refractivity contribution >= 4 is 33.5 Å². The van der Waals surface area contributed by atoms with E-state index in [1.807, 2.05) is 24.8 Å². The number of aromatic nitrogens is 2. The number of hydrogen-bond acceptors (Lipinski definition) is 4. The Kier molecular flexibility index (Phi) is 9.63. The largest absolute Gasteiger partial charge is 0.416 e. The lowest BCUT2D eigenvalue weighted by Gasteiger charge is -2.28. The second-order valence-corrected chi connectivity index (χ2v) is 9.88. The average molecular weight is 617 g/mol. The number of amides is 1. The number of halogens is 7. The highest BCUT2D eigenvalue weighted by atomic mass is 79.9. The molecule has 0 aliphatic heterocycles. The van der Waals surface area contributed by atoms with Gasteiger partial charge in [0.1, 0.15) is 0 Å². The van der Waals surface area contributed by atoms with Gasteiger partial charge in [-0.05, 0) is 72.1 Å². The van der Waals surface area contributed by atoms with Gasteiger partial charge >= 0.3 is 12.4 Å². The molecule has 2 aromatic carbocycles. The standard InChI is InChI=1S/C27H27BrF6N4O/c1-4-6-9-37(5-2)23-8-7-17(3)10-22(23)24(39)38(25-35-14-21(28)15-36-25)16-18-11-19(26(29,30)31)13-20(12-18)27(32,33)34/h7-8,10-15H,4-6,9,16H2,1-3H3. The van der Waals surface area contributed by atoms with Gasteiger partial charge in [-0.15, -0.1) is 0 Å². The Labute approximate surface area is 231 Å². The Morgan fingerprint density at radius 1 is 0.923 bits per heavy atom. The molecule has 0 radical (unpaired) electrons. The van der Waals surface area contributed by atoms with Crippen LogP contribution in [0.3, 0.4) is 0 Å². The molecule has 0 saturated carbocycles. The molecule has 0 atom stereocenters. The zero-order valence-corrected chi connectivity index (χ0v) is 23.1. The van der Waals surface area contributed by atoms with E-state index in [1.54, 1.807) is 19.1 Å². The van der Waals surface area contributed by atoms with Crippen molar-refractivity contribution in [3.63, 3.8) is 0 Å². The highest BCUT2D eigenvalue weighted by Crippen LogP contribution is 2.37. The van der Waals surface area contributed by atoms with Crippen molar-refractivity contribution in [2.24, 2.45) is 0 Å². The van der Waals surface area contributed by atoms with Crippen LogP contribution in [-0.4, -0.2) is 29.0 Å². The molecule has 1 amide bonds. The summed E-state index contributed by atoms with van der Waals surface area (Å²) in [7, 11) is 0. The lowest BCUT2D eigenvalue weighted by atomic mass is 10.0. The third kappa shape index (κ3) is 7.71. The maximum absolute atomic E-state index is 14.0. The van der Waals surface area contributed by atoms with Crippen molar-refractivity contribution in [2.75, 3.05) is 22.9 Å². The molecule has 0 fully saturated rings. The second kappa shape index (κ2) is 12.4. The van der Waals surface area contributed by atoms with Crippen LogP contribution in [0.25, 0.3) is 0 Å². The normalized spacial score (nSPS) is 11.9. The molecule has 0 bridgehead atoms. The molecule has 0 unspecified atom stereocenters. The van der Waals surface area contributed by atoms with Crippen molar-refractivity contribution in [1.29, 1.82) is 0 Å². The monoisotopic (exact) mass is 616 g/mol. The Balaban J connectivity index is 2.17. The summed E-state index contributed by atoms with van der Waals surface area (Å²) in [5, 5.41) is 0. The number of carbonyl (C=O) groups excluding carboxylic acids is 1. The van der Waals surface area contributed by atoms with Crippen LogP contribution < -0.4 is 9.80 Å². The minimum atomic E-state index is -5.02. The van der Waals surface area contributed by atoms with E-state index in [2.05, 4.69) is 25.9 Å². The molecule has 1 heterocycles. The van der Waals surface area contributed by atoms with Gasteiger partial charge in [0.05, 0.1) is 27.7 Å². The van der Waals surface area contributed by atoms with Gasteiger partial charge in [0.15, 0.2) is 0 Å². The molecule has 12 heteroatoms. The first-order valence-corrected chi connectivity index (χ1v) is 13.0. The van der Waals surface area contributed by atoms with Gasteiger partial charge in [-0.25, -0.2) is 9.97 Å². The predicted molar refractivity (Wildman–Crippen MR) is 141 cm³/mol. The SMILES string of the molecule is CCCCN(CC)c1ccc(C)cc1C(=O)N(Cc1cc(C(F)(F)F)cc(C(F)(F)F)c1)c1ncc(Br)cn1. The molecule has 3 rings (SSSR count). The van der Waals surface area contributed by atoms with Gasteiger partial charge in [-0.3, -0.25) is 9.69 Å². The molecular formula is C27H27BrF6N4O.